The Labute approximate surface area is 132 Å². The highest BCUT2D eigenvalue weighted by molar-refractivity contribution is 7.09. The number of ether oxygens (including phenoxy) is 1. The van der Waals surface area contributed by atoms with E-state index in [1.165, 1.54) is 4.88 Å². The smallest absolute Gasteiger partial charge is 0.253 e. The van der Waals surface area contributed by atoms with Crippen LogP contribution in [-0.4, -0.2) is 18.6 Å². The number of halogens is 1. The van der Waals surface area contributed by atoms with Crippen LogP contribution >= 0.6 is 22.9 Å². The fourth-order valence-corrected chi connectivity index (χ4v) is 2.54. The number of thiophene rings is 1. The number of rotatable bonds is 6. The van der Waals surface area contributed by atoms with Gasteiger partial charge in [-0.3, -0.25) is 4.79 Å². The predicted molar refractivity (Wildman–Crippen MR) is 87.9 cm³/mol. The Morgan fingerprint density at radius 2 is 2.29 bits per heavy atom. The van der Waals surface area contributed by atoms with Crippen molar-refractivity contribution in [2.75, 3.05) is 17.7 Å². The summed E-state index contributed by atoms with van der Waals surface area (Å²) in [6.07, 6.45) is 0.283. The minimum absolute atomic E-state index is 0.206. The first-order valence-electron chi connectivity index (χ1n) is 6.56. The Kier molecular flexibility index (Phi) is 5.61. The summed E-state index contributed by atoms with van der Waals surface area (Å²) >= 11 is 7.52. The fraction of sp³-hybridized carbons (Fsp3) is 0.267. The molecule has 0 bridgehead atoms. The van der Waals surface area contributed by atoms with Gasteiger partial charge in [-0.2, -0.15) is 0 Å². The van der Waals surface area contributed by atoms with Crippen molar-refractivity contribution in [1.29, 1.82) is 0 Å². The number of nitrogens with two attached hydrogens (primary N) is 1. The number of nitrogens with one attached hydrogen (secondary N) is 1. The van der Waals surface area contributed by atoms with Crippen LogP contribution in [0.4, 0.5) is 11.4 Å². The van der Waals surface area contributed by atoms with Crippen molar-refractivity contribution in [1.82, 2.24) is 0 Å². The lowest BCUT2D eigenvalue weighted by atomic mass is 10.2. The van der Waals surface area contributed by atoms with Crippen molar-refractivity contribution in [3.05, 3.63) is 45.6 Å². The SMILES string of the molecule is CC(OCCc1cccs1)C(=O)Nc1ccc(Cl)c(N)c1. The summed E-state index contributed by atoms with van der Waals surface area (Å²) in [7, 11) is 0. The monoisotopic (exact) mass is 324 g/mol. The summed E-state index contributed by atoms with van der Waals surface area (Å²) in [6.45, 7) is 2.24. The molecule has 0 fully saturated rings. The van der Waals surface area contributed by atoms with Gasteiger partial charge in [0.1, 0.15) is 6.10 Å². The van der Waals surface area contributed by atoms with Gasteiger partial charge < -0.3 is 15.8 Å². The average Bonchev–Trinajstić information content (AvgIpc) is 2.96. The summed E-state index contributed by atoms with van der Waals surface area (Å²) in [5.74, 6) is -0.206. The van der Waals surface area contributed by atoms with Gasteiger partial charge in [0.25, 0.3) is 5.91 Å². The van der Waals surface area contributed by atoms with E-state index in [-0.39, 0.29) is 5.91 Å². The predicted octanol–water partition coefficient (Wildman–Crippen LogP) is 3.57. The van der Waals surface area contributed by atoms with Gasteiger partial charge in [-0.15, -0.1) is 11.3 Å². The molecule has 1 atom stereocenters. The lowest BCUT2D eigenvalue weighted by Gasteiger charge is -2.13. The molecule has 1 unspecified atom stereocenters. The van der Waals surface area contributed by atoms with E-state index in [1.807, 2.05) is 11.4 Å². The molecular formula is C15H17ClN2O2S. The topological polar surface area (TPSA) is 64.3 Å². The summed E-state index contributed by atoms with van der Waals surface area (Å²) < 4.78 is 5.54. The van der Waals surface area contributed by atoms with Crippen LogP contribution in [0.5, 0.6) is 0 Å². The second kappa shape index (κ2) is 7.45. The van der Waals surface area contributed by atoms with Crippen molar-refractivity contribution in [3.63, 3.8) is 0 Å². The fourth-order valence-electron chi connectivity index (χ4n) is 1.73. The molecular weight excluding hydrogens is 308 g/mol. The normalized spacial score (nSPS) is 12.1. The molecule has 2 rings (SSSR count). The number of benzene rings is 1. The van der Waals surface area contributed by atoms with E-state index in [0.717, 1.165) is 6.42 Å². The Hall–Kier alpha value is -1.56. The average molecular weight is 325 g/mol. The third kappa shape index (κ3) is 4.74. The summed E-state index contributed by atoms with van der Waals surface area (Å²) in [5, 5.41) is 5.24. The molecule has 2 aromatic rings. The molecule has 0 saturated carbocycles. The van der Waals surface area contributed by atoms with E-state index < -0.39 is 6.10 Å². The Bertz CT molecular complexity index is 602. The molecule has 6 heteroatoms. The molecule has 1 aromatic heterocycles. The van der Waals surface area contributed by atoms with Crippen LogP contribution in [0.2, 0.25) is 5.02 Å². The van der Waals surface area contributed by atoms with Crippen molar-refractivity contribution in [2.24, 2.45) is 0 Å². The van der Waals surface area contributed by atoms with E-state index in [0.29, 0.717) is 23.0 Å². The summed E-state index contributed by atoms with van der Waals surface area (Å²) in [6, 6.07) is 9.03. The number of anilines is 2. The Morgan fingerprint density at radius 3 is 2.95 bits per heavy atom. The van der Waals surface area contributed by atoms with E-state index in [1.54, 1.807) is 36.5 Å². The van der Waals surface area contributed by atoms with Crippen LogP contribution in [0.25, 0.3) is 0 Å². The zero-order valence-electron chi connectivity index (χ0n) is 11.6. The Morgan fingerprint density at radius 1 is 1.48 bits per heavy atom. The first-order valence-corrected chi connectivity index (χ1v) is 7.82. The molecule has 1 aromatic carbocycles. The number of nitrogen functional groups attached to an aromatic ring is 1. The van der Waals surface area contributed by atoms with Crippen LogP contribution in [0, 0.1) is 0 Å². The minimum atomic E-state index is -0.526. The quantitative estimate of drug-likeness (QED) is 0.798. The third-order valence-corrected chi connectivity index (χ3v) is 4.21. The molecule has 21 heavy (non-hydrogen) atoms. The molecule has 0 aliphatic carbocycles. The maximum Gasteiger partial charge on any atom is 0.253 e. The number of amides is 1. The van der Waals surface area contributed by atoms with E-state index in [9.17, 15) is 4.79 Å². The van der Waals surface area contributed by atoms with Crippen LogP contribution in [0.15, 0.2) is 35.7 Å². The van der Waals surface area contributed by atoms with E-state index >= 15 is 0 Å². The standard InChI is InChI=1S/C15H17ClN2O2S/c1-10(20-7-6-12-3-2-8-21-12)15(19)18-11-4-5-13(16)14(17)9-11/h2-5,8-10H,6-7,17H2,1H3,(H,18,19). The van der Waals surface area contributed by atoms with Gasteiger partial charge >= 0.3 is 0 Å². The first-order chi connectivity index (χ1) is 10.1. The van der Waals surface area contributed by atoms with Gasteiger partial charge in [0.15, 0.2) is 0 Å². The van der Waals surface area contributed by atoms with Gasteiger partial charge in [0, 0.05) is 17.0 Å². The van der Waals surface area contributed by atoms with Crippen LogP contribution < -0.4 is 11.1 Å². The summed E-state index contributed by atoms with van der Waals surface area (Å²) in [4.78, 5) is 13.2. The first kappa shape index (κ1) is 15.8. The maximum absolute atomic E-state index is 12.0. The van der Waals surface area contributed by atoms with Crippen LogP contribution in [-0.2, 0) is 16.0 Å². The van der Waals surface area contributed by atoms with Gasteiger partial charge in [0.05, 0.1) is 17.3 Å². The third-order valence-electron chi connectivity index (χ3n) is 2.93. The summed E-state index contributed by atoms with van der Waals surface area (Å²) in [5.41, 5.74) is 6.73. The number of hydrogen-bond acceptors (Lipinski definition) is 4. The minimum Gasteiger partial charge on any atom is -0.397 e. The Balaban J connectivity index is 1.80. The van der Waals surface area contributed by atoms with Crippen molar-refractivity contribution >= 4 is 40.2 Å². The van der Waals surface area contributed by atoms with Gasteiger partial charge in [-0.1, -0.05) is 17.7 Å². The number of carbonyl (C=O) groups excluding carboxylic acids is 1. The maximum atomic E-state index is 12.0. The van der Waals surface area contributed by atoms with E-state index in [2.05, 4.69) is 11.4 Å². The lowest BCUT2D eigenvalue weighted by Crippen LogP contribution is -2.28. The van der Waals surface area contributed by atoms with Crippen molar-refractivity contribution < 1.29 is 9.53 Å². The molecule has 112 valence electrons. The highest BCUT2D eigenvalue weighted by Crippen LogP contribution is 2.22. The van der Waals surface area contributed by atoms with Gasteiger partial charge in [0.2, 0.25) is 0 Å². The zero-order valence-corrected chi connectivity index (χ0v) is 13.2. The highest BCUT2D eigenvalue weighted by atomic mass is 35.5. The highest BCUT2D eigenvalue weighted by Gasteiger charge is 2.14. The molecule has 0 aliphatic heterocycles. The largest absolute Gasteiger partial charge is 0.397 e. The van der Waals surface area contributed by atoms with E-state index in [4.69, 9.17) is 22.1 Å². The van der Waals surface area contributed by atoms with Crippen LogP contribution in [0.3, 0.4) is 0 Å². The molecule has 0 spiro atoms. The van der Waals surface area contributed by atoms with Gasteiger partial charge in [-0.25, -0.2) is 0 Å². The van der Waals surface area contributed by atoms with Crippen LogP contribution in [0.1, 0.15) is 11.8 Å². The molecule has 4 nitrogen and oxygen atoms in total. The number of hydrogen-bond donors (Lipinski definition) is 2. The number of carbonyl (C=O) groups is 1. The molecule has 0 saturated heterocycles. The van der Waals surface area contributed by atoms with Crippen molar-refractivity contribution in [2.45, 2.75) is 19.4 Å². The molecule has 1 heterocycles. The second-order valence-corrected chi connectivity index (χ2v) is 6.01. The molecule has 0 aliphatic rings. The second-order valence-electron chi connectivity index (χ2n) is 4.57. The molecule has 3 N–H and O–H groups in total. The molecule has 1 amide bonds. The van der Waals surface area contributed by atoms with Gasteiger partial charge in [-0.05, 0) is 36.6 Å². The van der Waals surface area contributed by atoms with Crippen molar-refractivity contribution in [3.8, 4) is 0 Å². The molecule has 0 radical (unpaired) electrons. The lowest BCUT2D eigenvalue weighted by molar-refractivity contribution is -0.126. The zero-order chi connectivity index (χ0) is 15.2.